The van der Waals surface area contributed by atoms with E-state index in [1.807, 2.05) is 4.90 Å². The fourth-order valence-corrected chi connectivity index (χ4v) is 3.10. The first-order valence-electron chi connectivity index (χ1n) is 7.73. The minimum absolute atomic E-state index is 0.210. The van der Waals surface area contributed by atoms with Crippen molar-refractivity contribution < 1.29 is 9.18 Å². The largest absolute Gasteiger partial charge is 0.368 e. The van der Waals surface area contributed by atoms with Crippen molar-refractivity contribution in [1.29, 1.82) is 0 Å². The summed E-state index contributed by atoms with van der Waals surface area (Å²) in [6.45, 7) is 5.82. The van der Waals surface area contributed by atoms with Crippen LogP contribution in [0.1, 0.15) is 12.8 Å². The predicted molar refractivity (Wildman–Crippen MR) is 80.9 cm³/mol. The standard InChI is InChI=1S/C16H22FN3O/c17-14-3-5-15(6-4-14)19-9-11-20(12-10-19)16(21)13-18-7-1-2-8-18/h3-6H,1-2,7-13H2. The van der Waals surface area contributed by atoms with Crippen molar-refractivity contribution in [3.05, 3.63) is 30.1 Å². The van der Waals surface area contributed by atoms with E-state index in [9.17, 15) is 9.18 Å². The van der Waals surface area contributed by atoms with Gasteiger partial charge in [0.25, 0.3) is 0 Å². The van der Waals surface area contributed by atoms with Crippen molar-refractivity contribution in [1.82, 2.24) is 9.80 Å². The van der Waals surface area contributed by atoms with Crippen molar-refractivity contribution in [3.63, 3.8) is 0 Å². The average molecular weight is 291 g/mol. The summed E-state index contributed by atoms with van der Waals surface area (Å²) >= 11 is 0. The highest BCUT2D eigenvalue weighted by Crippen LogP contribution is 2.17. The van der Waals surface area contributed by atoms with Crippen LogP contribution in [-0.4, -0.2) is 61.5 Å². The summed E-state index contributed by atoms with van der Waals surface area (Å²) in [7, 11) is 0. The minimum Gasteiger partial charge on any atom is -0.368 e. The molecule has 0 bridgehead atoms. The lowest BCUT2D eigenvalue weighted by atomic mass is 10.2. The van der Waals surface area contributed by atoms with Gasteiger partial charge in [0.1, 0.15) is 5.82 Å². The molecule has 0 atom stereocenters. The van der Waals surface area contributed by atoms with E-state index >= 15 is 0 Å². The lowest BCUT2D eigenvalue weighted by Gasteiger charge is -2.36. The smallest absolute Gasteiger partial charge is 0.236 e. The Morgan fingerprint density at radius 1 is 0.952 bits per heavy atom. The van der Waals surface area contributed by atoms with Crippen molar-refractivity contribution >= 4 is 11.6 Å². The van der Waals surface area contributed by atoms with E-state index in [-0.39, 0.29) is 11.7 Å². The molecule has 0 radical (unpaired) electrons. The van der Waals surface area contributed by atoms with Crippen LogP contribution in [0.4, 0.5) is 10.1 Å². The van der Waals surface area contributed by atoms with Gasteiger partial charge >= 0.3 is 0 Å². The Labute approximate surface area is 125 Å². The van der Waals surface area contributed by atoms with Gasteiger partial charge in [0.15, 0.2) is 0 Å². The number of carbonyl (C=O) groups is 1. The fourth-order valence-electron chi connectivity index (χ4n) is 3.10. The van der Waals surface area contributed by atoms with Gasteiger partial charge in [-0.1, -0.05) is 0 Å². The molecule has 2 saturated heterocycles. The van der Waals surface area contributed by atoms with E-state index < -0.39 is 0 Å². The van der Waals surface area contributed by atoms with Gasteiger partial charge in [0.05, 0.1) is 6.54 Å². The molecule has 1 amide bonds. The zero-order valence-electron chi connectivity index (χ0n) is 12.3. The number of anilines is 1. The van der Waals surface area contributed by atoms with Gasteiger partial charge in [-0.2, -0.15) is 0 Å². The molecule has 1 aromatic carbocycles. The third-order valence-corrected chi connectivity index (χ3v) is 4.38. The second kappa shape index (κ2) is 6.43. The summed E-state index contributed by atoms with van der Waals surface area (Å²) in [4.78, 5) is 18.7. The summed E-state index contributed by atoms with van der Waals surface area (Å²) < 4.78 is 12.9. The molecule has 0 N–H and O–H groups in total. The number of hydrogen-bond acceptors (Lipinski definition) is 3. The SMILES string of the molecule is O=C(CN1CCCC1)N1CCN(c2ccc(F)cc2)CC1. The molecule has 0 aromatic heterocycles. The maximum Gasteiger partial charge on any atom is 0.236 e. The molecule has 4 nitrogen and oxygen atoms in total. The van der Waals surface area contributed by atoms with E-state index in [1.54, 1.807) is 12.1 Å². The quantitative estimate of drug-likeness (QED) is 0.846. The van der Waals surface area contributed by atoms with Gasteiger partial charge in [0, 0.05) is 31.9 Å². The van der Waals surface area contributed by atoms with Crippen LogP contribution in [0.3, 0.4) is 0 Å². The molecule has 0 spiro atoms. The number of amides is 1. The molecule has 2 aliphatic rings. The highest BCUT2D eigenvalue weighted by Gasteiger charge is 2.23. The number of rotatable bonds is 3. The van der Waals surface area contributed by atoms with E-state index in [4.69, 9.17) is 0 Å². The lowest BCUT2D eigenvalue weighted by molar-refractivity contribution is -0.132. The highest BCUT2D eigenvalue weighted by atomic mass is 19.1. The molecule has 114 valence electrons. The number of nitrogens with zero attached hydrogens (tertiary/aromatic N) is 3. The Balaban J connectivity index is 1.50. The molecule has 1 aromatic rings. The Bertz CT molecular complexity index is 477. The number of carbonyl (C=O) groups excluding carboxylic acids is 1. The Morgan fingerprint density at radius 3 is 2.19 bits per heavy atom. The van der Waals surface area contributed by atoms with Gasteiger partial charge in [-0.3, -0.25) is 9.69 Å². The molecule has 2 aliphatic heterocycles. The van der Waals surface area contributed by atoms with Gasteiger partial charge in [-0.25, -0.2) is 4.39 Å². The van der Waals surface area contributed by atoms with Crippen molar-refractivity contribution in [2.45, 2.75) is 12.8 Å². The van der Waals surface area contributed by atoms with Crippen LogP contribution in [0.5, 0.6) is 0 Å². The van der Waals surface area contributed by atoms with Crippen LogP contribution in [0.2, 0.25) is 0 Å². The van der Waals surface area contributed by atoms with E-state index in [2.05, 4.69) is 9.80 Å². The molecular formula is C16H22FN3O. The number of benzene rings is 1. The maximum absolute atomic E-state index is 12.9. The van der Waals surface area contributed by atoms with Crippen LogP contribution in [0.25, 0.3) is 0 Å². The van der Waals surface area contributed by atoms with Crippen LogP contribution < -0.4 is 4.90 Å². The summed E-state index contributed by atoms with van der Waals surface area (Å²) in [6.07, 6.45) is 2.43. The van der Waals surface area contributed by atoms with Gasteiger partial charge in [-0.05, 0) is 50.2 Å². The minimum atomic E-state index is -0.210. The van der Waals surface area contributed by atoms with Crippen LogP contribution in [-0.2, 0) is 4.79 Å². The molecular weight excluding hydrogens is 269 g/mol. The Hall–Kier alpha value is -1.62. The third-order valence-electron chi connectivity index (χ3n) is 4.38. The summed E-state index contributed by atoms with van der Waals surface area (Å²) in [5.74, 6) is 0.0360. The number of hydrogen-bond donors (Lipinski definition) is 0. The monoisotopic (exact) mass is 291 g/mol. The number of piperazine rings is 1. The Kier molecular flexibility index (Phi) is 4.39. The summed E-state index contributed by atoms with van der Waals surface area (Å²) in [5.41, 5.74) is 1.03. The Morgan fingerprint density at radius 2 is 1.57 bits per heavy atom. The zero-order chi connectivity index (χ0) is 14.7. The first kappa shape index (κ1) is 14.3. The molecule has 5 heteroatoms. The second-order valence-corrected chi connectivity index (χ2v) is 5.83. The van der Waals surface area contributed by atoms with Crippen LogP contribution >= 0.6 is 0 Å². The number of halogens is 1. The van der Waals surface area contributed by atoms with Gasteiger partial charge < -0.3 is 9.80 Å². The highest BCUT2D eigenvalue weighted by molar-refractivity contribution is 5.78. The molecule has 3 rings (SSSR count). The van der Waals surface area contributed by atoms with E-state index in [1.165, 1.54) is 25.0 Å². The average Bonchev–Trinajstić information content (AvgIpc) is 3.01. The zero-order valence-corrected chi connectivity index (χ0v) is 12.3. The molecule has 0 saturated carbocycles. The fraction of sp³-hybridized carbons (Fsp3) is 0.562. The molecule has 2 heterocycles. The summed E-state index contributed by atoms with van der Waals surface area (Å²) in [6, 6.07) is 6.58. The molecule has 2 fully saturated rings. The first-order valence-corrected chi connectivity index (χ1v) is 7.73. The normalized spacial score (nSPS) is 20.0. The van der Waals surface area contributed by atoms with Crippen molar-refractivity contribution in [2.75, 3.05) is 50.7 Å². The van der Waals surface area contributed by atoms with Gasteiger partial charge in [0.2, 0.25) is 5.91 Å². The maximum atomic E-state index is 12.9. The van der Waals surface area contributed by atoms with Crippen LogP contribution in [0, 0.1) is 5.82 Å². The van der Waals surface area contributed by atoms with Crippen molar-refractivity contribution in [3.8, 4) is 0 Å². The molecule has 0 unspecified atom stereocenters. The second-order valence-electron chi connectivity index (χ2n) is 5.83. The van der Waals surface area contributed by atoms with E-state index in [0.29, 0.717) is 6.54 Å². The molecule has 0 aliphatic carbocycles. The number of likely N-dealkylation sites (tertiary alicyclic amines) is 1. The predicted octanol–water partition coefficient (Wildman–Crippen LogP) is 1.57. The van der Waals surface area contributed by atoms with Crippen molar-refractivity contribution in [2.24, 2.45) is 0 Å². The van der Waals surface area contributed by atoms with Crippen LogP contribution in [0.15, 0.2) is 24.3 Å². The third kappa shape index (κ3) is 3.53. The topological polar surface area (TPSA) is 26.8 Å². The molecule has 21 heavy (non-hydrogen) atoms. The summed E-state index contributed by atoms with van der Waals surface area (Å²) in [5, 5.41) is 0. The first-order chi connectivity index (χ1) is 10.2. The van der Waals surface area contributed by atoms with Gasteiger partial charge in [-0.15, -0.1) is 0 Å². The lowest BCUT2D eigenvalue weighted by Crippen LogP contribution is -2.51. The van der Waals surface area contributed by atoms with E-state index in [0.717, 1.165) is 45.0 Å².